The van der Waals surface area contributed by atoms with E-state index in [4.69, 9.17) is 15.5 Å². The van der Waals surface area contributed by atoms with Crippen LogP contribution in [0.3, 0.4) is 0 Å². The predicted molar refractivity (Wildman–Crippen MR) is 85.9 cm³/mol. The van der Waals surface area contributed by atoms with Crippen LogP contribution < -0.4 is 5.73 Å². The van der Waals surface area contributed by atoms with Crippen molar-refractivity contribution in [1.82, 2.24) is 4.57 Å². The van der Waals surface area contributed by atoms with Gasteiger partial charge in [-0.05, 0) is 18.2 Å². The van der Waals surface area contributed by atoms with Crippen LogP contribution >= 0.6 is 0 Å². The maximum absolute atomic E-state index is 12.0. The average molecular weight is 401 g/mol. The summed E-state index contributed by atoms with van der Waals surface area (Å²) in [6.07, 6.45) is 0.958. The van der Waals surface area contributed by atoms with Gasteiger partial charge in [-0.1, -0.05) is 0 Å². The number of methoxy groups -OCH3 is 1. The largest absolute Gasteiger partial charge is 0.464 e. The Hall–Kier alpha value is -2.92. The summed E-state index contributed by atoms with van der Waals surface area (Å²) in [5.41, 5.74) is 4.09. The summed E-state index contributed by atoms with van der Waals surface area (Å²) in [6.45, 7) is 0. The molecule has 0 aliphatic carbocycles. The number of aromatic nitrogens is 1. The summed E-state index contributed by atoms with van der Waals surface area (Å²) in [7, 11) is -8.62. The number of benzene rings is 1. The normalized spacial score (nSPS) is 11.8. The van der Waals surface area contributed by atoms with Crippen LogP contribution in [-0.2, 0) is 25.0 Å². The lowest BCUT2D eigenvalue weighted by atomic mass is 10.2. The van der Waals surface area contributed by atoms with E-state index in [-0.39, 0.29) is 11.3 Å². The first-order chi connectivity index (χ1) is 11.9. The van der Waals surface area contributed by atoms with E-state index in [0.29, 0.717) is 12.1 Å². The van der Waals surface area contributed by atoms with Gasteiger partial charge in [-0.3, -0.25) is 9.11 Å². The Balaban J connectivity index is 3.00. The van der Waals surface area contributed by atoms with Crippen LogP contribution in [-0.4, -0.2) is 43.6 Å². The Labute approximate surface area is 147 Å². The van der Waals surface area contributed by atoms with Crippen molar-refractivity contribution in [2.24, 2.45) is 0 Å². The standard InChI is InChI=1S/C13H11N3O8S2/c1-24-13(17)12-11(15)7(5-14)6-16(12)9-4-8(25(18,19)20)2-3-10(9)26(21,22)23/h2-4,6H,15H2,1H3,(H,18,19,20)(H,21,22,23). The monoisotopic (exact) mass is 401 g/mol. The molecular weight excluding hydrogens is 390 g/mol. The molecule has 0 aliphatic heterocycles. The van der Waals surface area contributed by atoms with E-state index >= 15 is 0 Å². The molecule has 4 N–H and O–H groups in total. The number of esters is 1. The second kappa shape index (κ2) is 6.42. The lowest BCUT2D eigenvalue weighted by Gasteiger charge is -2.13. The first-order valence-electron chi connectivity index (χ1n) is 6.50. The molecule has 0 saturated carbocycles. The Bertz CT molecular complexity index is 1160. The number of carbonyl (C=O) groups is 1. The predicted octanol–water partition coefficient (Wildman–Crippen LogP) is 0.211. The summed E-state index contributed by atoms with van der Waals surface area (Å²) in [4.78, 5) is 10.5. The van der Waals surface area contributed by atoms with Gasteiger partial charge in [0.05, 0.1) is 28.9 Å². The molecule has 1 heterocycles. The molecule has 11 nitrogen and oxygen atoms in total. The zero-order valence-electron chi connectivity index (χ0n) is 12.9. The second-order valence-corrected chi connectivity index (χ2v) is 7.67. The van der Waals surface area contributed by atoms with E-state index in [1.807, 2.05) is 0 Å². The quantitative estimate of drug-likeness (QED) is 0.471. The maximum Gasteiger partial charge on any atom is 0.357 e. The van der Waals surface area contributed by atoms with Gasteiger partial charge in [0.15, 0.2) is 5.69 Å². The van der Waals surface area contributed by atoms with Gasteiger partial charge in [0.1, 0.15) is 11.0 Å². The van der Waals surface area contributed by atoms with Gasteiger partial charge >= 0.3 is 5.97 Å². The van der Waals surface area contributed by atoms with E-state index in [9.17, 15) is 26.2 Å². The first kappa shape index (κ1) is 19.4. The average Bonchev–Trinajstić information content (AvgIpc) is 2.88. The summed E-state index contributed by atoms with van der Waals surface area (Å²) in [5, 5.41) is 9.07. The van der Waals surface area contributed by atoms with Crippen LogP contribution in [0.4, 0.5) is 5.69 Å². The molecule has 0 radical (unpaired) electrons. The highest BCUT2D eigenvalue weighted by atomic mass is 32.2. The van der Waals surface area contributed by atoms with E-state index in [1.165, 1.54) is 0 Å². The molecule has 26 heavy (non-hydrogen) atoms. The molecule has 0 saturated heterocycles. The Kier molecular flexibility index (Phi) is 4.79. The molecule has 0 amide bonds. The van der Waals surface area contributed by atoms with Gasteiger partial charge in [0.25, 0.3) is 20.2 Å². The zero-order valence-corrected chi connectivity index (χ0v) is 14.6. The van der Waals surface area contributed by atoms with E-state index in [1.54, 1.807) is 6.07 Å². The van der Waals surface area contributed by atoms with Crippen molar-refractivity contribution in [3.63, 3.8) is 0 Å². The van der Waals surface area contributed by atoms with E-state index in [0.717, 1.165) is 23.9 Å². The van der Waals surface area contributed by atoms with Gasteiger partial charge in [0, 0.05) is 6.20 Å². The highest BCUT2D eigenvalue weighted by Gasteiger charge is 2.27. The van der Waals surface area contributed by atoms with Crippen LogP contribution in [0.5, 0.6) is 0 Å². The smallest absolute Gasteiger partial charge is 0.357 e. The summed E-state index contributed by atoms with van der Waals surface area (Å²) >= 11 is 0. The summed E-state index contributed by atoms with van der Waals surface area (Å²) in [6, 6.07) is 3.80. The third-order valence-electron chi connectivity index (χ3n) is 3.31. The first-order valence-corrected chi connectivity index (χ1v) is 9.38. The number of nitrogens with zero attached hydrogens (tertiary/aromatic N) is 2. The van der Waals surface area contributed by atoms with E-state index in [2.05, 4.69) is 4.74 Å². The second-order valence-electron chi connectivity index (χ2n) is 4.86. The van der Waals surface area contributed by atoms with Gasteiger partial charge < -0.3 is 15.0 Å². The molecule has 0 unspecified atom stereocenters. The number of carbonyl (C=O) groups excluding carboxylic acids is 1. The molecule has 0 bridgehead atoms. The molecule has 1 aromatic carbocycles. The number of nitriles is 1. The van der Waals surface area contributed by atoms with Crippen LogP contribution in [0.15, 0.2) is 34.2 Å². The fourth-order valence-corrected chi connectivity index (χ4v) is 3.33. The van der Waals surface area contributed by atoms with Crippen LogP contribution in [0.1, 0.15) is 16.1 Å². The third-order valence-corrected chi connectivity index (χ3v) is 5.06. The number of ether oxygens (including phenoxy) is 1. The van der Waals surface area contributed by atoms with Gasteiger partial charge in [0.2, 0.25) is 0 Å². The minimum Gasteiger partial charge on any atom is -0.464 e. The molecule has 1 aromatic heterocycles. The zero-order chi connectivity index (χ0) is 19.9. The molecule has 0 spiro atoms. The fraction of sp³-hybridized carbons (Fsp3) is 0.0769. The van der Waals surface area contributed by atoms with Crippen molar-refractivity contribution in [2.75, 3.05) is 12.8 Å². The molecular formula is C13H11N3O8S2. The van der Waals surface area contributed by atoms with E-state index < -0.39 is 47.4 Å². The van der Waals surface area contributed by atoms with Crippen molar-refractivity contribution in [2.45, 2.75) is 9.79 Å². The van der Waals surface area contributed by atoms with Crippen molar-refractivity contribution in [3.05, 3.63) is 35.7 Å². The number of hydrogen-bond donors (Lipinski definition) is 3. The molecule has 0 aliphatic rings. The molecule has 138 valence electrons. The van der Waals surface area contributed by atoms with Crippen LogP contribution in [0.2, 0.25) is 0 Å². The summed E-state index contributed by atoms with van der Waals surface area (Å²) < 4.78 is 69.8. The molecule has 2 rings (SSSR count). The van der Waals surface area contributed by atoms with Crippen LogP contribution in [0, 0.1) is 11.3 Å². The molecule has 0 atom stereocenters. The van der Waals surface area contributed by atoms with Gasteiger partial charge in [-0.25, -0.2) is 4.79 Å². The molecule has 0 fully saturated rings. The lowest BCUT2D eigenvalue weighted by Crippen LogP contribution is -2.14. The topological polar surface area (TPSA) is 190 Å². The van der Waals surface area contributed by atoms with Crippen molar-refractivity contribution >= 4 is 31.9 Å². The van der Waals surface area contributed by atoms with Gasteiger partial charge in [-0.15, -0.1) is 0 Å². The number of anilines is 1. The highest BCUT2D eigenvalue weighted by Crippen LogP contribution is 2.30. The maximum atomic E-state index is 12.0. The van der Waals surface area contributed by atoms with Gasteiger partial charge in [-0.2, -0.15) is 22.1 Å². The lowest BCUT2D eigenvalue weighted by molar-refractivity contribution is 0.0592. The minimum absolute atomic E-state index is 0.232. The fourth-order valence-electron chi connectivity index (χ4n) is 2.17. The number of rotatable bonds is 4. The Morgan fingerprint density at radius 3 is 2.31 bits per heavy atom. The van der Waals surface area contributed by atoms with Crippen molar-refractivity contribution < 1.29 is 35.5 Å². The van der Waals surface area contributed by atoms with Crippen molar-refractivity contribution in [1.29, 1.82) is 5.26 Å². The number of nitrogen functional groups attached to an aromatic ring is 1. The Morgan fingerprint density at radius 2 is 1.85 bits per heavy atom. The number of hydrogen-bond acceptors (Lipinski definition) is 8. The minimum atomic E-state index is -4.88. The highest BCUT2D eigenvalue weighted by molar-refractivity contribution is 7.86. The molecule has 13 heteroatoms. The third kappa shape index (κ3) is 3.39. The van der Waals surface area contributed by atoms with Crippen LogP contribution in [0.25, 0.3) is 5.69 Å². The number of nitrogens with two attached hydrogens (primary N) is 1. The summed E-state index contributed by atoms with van der Waals surface area (Å²) in [5.74, 6) is -1.05. The Morgan fingerprint density at radius 1 is 1.23 bits per heavy atom. The van der Waals surface area contributed by atoms with Crippen molar-refractivity contribution in [3.8, 4) is 11.8 Å². The SMILES string of the molecule is COC(=O)c1c(N)c(C#N)cn1-c1cc(S(=O)(=O)O)ccc1S(=O)(=O)O. The molecule has 2 aromatic rings.